The number of nitrogens with one attached hydrogen (secondary N) is 2. The molecule has 2 saturated heterocycles. The third kappa shape index (κ3) is 7.26. The lowest BCUT2D eigenvalue weighted by molar-refractivity contribution is -0.142. The number of hydrogen-bond acceptors (Lipinski definition) is 6. The minimum atomic E-state index is -1.15. The number of carbonyl (C=O) groups is 4. The van der Waals surface area contributed by atoms with Gasteiger partial charge in [0, 0.05) is 38.3 Å². The number of rotatable bonds is 8. The summed E-state index contributed by atoms with van der Waals surface area (Å²) in [4.78, 5) is 53.8. The number of carbonyl (C=O) groups excluding carboxylic acids is 3. The van der Waals surface area contributed by atoms with E-state index >= 15 is 0 Å². The molecule has 0 aliphatic carbocycles. The van der Waals surface area contributed by atoms with Crippen LogP contribution in [0, 0.1) is 5.92 Å². The summed E-state index contributed by atoms with van der Waals surface area (Å²) in [6, 6.07) is 12.5. The fraction of sp³-hybridized carbons (Fsp3) is 0.429. The first-order valence-corrected chi connectivity index (χ1v) is 13.0. The second-order valence-electron chi connectivity index (χ2n) is 9.62. The summed E-state index contributed by atoms with van der Waals surface area (Å²) in [6.07, 6.45) is 1.27. The highest BCUT2D eigenvalue weighted by atomic mass is 16.5. The van der Waals surface area contributed by atoms with Gasteiger partial charge in [0.15, 0.2) is 0 Å². The van der Waals surface area contributed by atoms with E-state index in [-0.39, 0.29) is 24.9 Å². The number of anilines is 1. The molecule has 0 bridgehead atoms. The van der Waals surface area contributed by atoms with Crippen molar-refractivity contribution < 1.29 is 33.8 Å². The number of morpholine rings is 1. The van der Waals surface area contributed by atoms with Gasteiger partial charge in [0.2, 0.25) is 5.91 Å². The Morgan fingerprint density at radius 3 is 2.44 bits per heavy atom. The van der Waals surface area contributed by atoms with Crippen LogP contribution in [0.1, 0.15) is 28.8 Å². The zero-order valence-corrected chi connectivity index (χ0v) is 21.9. The van der Waals surface area contributed by atoms with Crippen molar-refractivity contribution in [2.45, 2.75) is 25.3 Å². The Labute approximate surface area is 227 Å². The predicted octanol–water partition coefficient (Wildman–Crippen LogP) is 2.22. The Bertz CT molecular complexity index is 1180. The molecule has 2 aliphatic rings. The lowest BCUT2D eigenvalue weighted by atomic mass is 9.95. The SMILES string of the molecule is COc1ccccc1C(=O)N1CCCC(C(=O)N[C@@H](Cc2ccc(NC(=O)N3CCOCC3)cc2)C(=O)O)C1. The fourth-order valence-electron chi connectivity index (χ4n) is 4.79. The number of ether oxygens (including phenoxy) is 2. The van der Waals surface area contributed by atoms with Crippen molar-refractivity contribution >= 4 is 29.5 Å². The number of urea groups is 1. The first-order chi connectivity index (χ1) is 18.9. The van der Waals surface area contributed by atoms with Gasteiger partial charge in [-0.25, -0.2) is 9.59 Å². The van der Waals surface area contributed by atoms with E-state index in [1.165, 1.54) is 7.11 Å². The molecule has 0 aromatic heterocycles. The van der Waals surface area contributed by atoms with E-state index in [1.54, 1.807) is 58.3 Å². The number of aliphatic carboxylic acids is 1. The number of benzene rings is 2. The lowest BCUT2D eigenvalue weighted by Crippen LogP contribution is -2.50. The van der Waals surface area contributed by atoms with Gasteiger partial charge in [-0.1, -0.05) is 24.3 Å². The Morgan fingerprint density at radius 2 is 1.74 bits per heavy atom. The number of methoxy groups -OCH3 is 1. The third-order valence-corrected chi connectivity index (χ3v) is 6.97. The number of amides is 4. The fourth-order valence-corrected chi connectivity index (χ4v) is 4.79. The molecule has 11 nitrogen and oxygen atoms in total. The molecule has 0 saturated carbocycles. The molecule has 2 heterocycles. The van der Waals surface area contributed by atoms with Crippen molar-refractivity contribution in [2.24, 2.45) is 5.92 Å². The van der Waals surface area contributed by atoms with Gasteiger partial charge in [0.05, 0.1) is 31.8 Å². The quantitative estimate of drug-likeness (QED) is 0.469. The van der Waals surface area contributed by atoms with E-state index in [9.17, 15) is 24.3 Å². The average Bonchev–Trinajstić information content (AvgIpc) is 2.97. The molecule has 0 spiro atoms. The summed E-state index contributed by atoms with van der Waals surface area (Å²) >= 11 is 0. The Balaban J connectivity index is 1.33. The zero-order chi connectivity index (χ0) is 27.8. The normalized spacial score (nSPS) is 18.1. The van der Waals surface area contributed by atoms with Gasteiger partial charge in [-0.05, 0) is 42.7 Å². The van der Waals surface area contributed by atoms with Crippen molar-refractivity contribution in [3.8, 4) is 5.75 Å². The third-order valence-electron chi connectivity index (χ3n) is 6.97. The van der Waals surface area contributed by atoms with Gasteiger partial charge in [-0.3, -0.25) is 9.59 Å². The lowest BCUT2D eigenvalue weighted by Gasteiger charge is -2.33. The second kappa shape index (κ2) is 13.1. The largest absolute Gasteiger partial charge is 0.496 e. The zero-order valence-electron chi connectivity index (χ0n) is 21.9. The topological polar surface area (TPSA) is 138 Å². The van der Waals surface area contributed by atoms with Crippen molar-refractivity contribution in [1.29, 1.82) is 0 Å². The molecule has 208 valence electrons. The van der Waals surface area contributed by atoms with Crippen LogP contribution in [0.25, 0.3) is 0 Å². The second-order valence-corrected chi connectivity index (χ2v) is 9.62. The van der Waals surface area contributed by atoms with Crippen molar-refractivity contribution in [3.63, 3.8) is 0 Å². The van der Waals surface area contributed by atoms with Gasteiger partial charge in [0.25, 0.3) is 5.91 Å². The smallest absolute Gasteiger partial charge is 0.326 e. The molecule has 3 N–H and O–H groups in total. The molecule has 2 aromatic rings. The van der Waals surface area contributed by atoms with Crippen LogP contribution in [-0.2, 0) is 20.7 Å². The van der Waals surface area contributed by atoms with E-state index in [0.717, 1.165) is 0 Å². The molecule has 2 fully saturated rings. The number of carboxylic acids is 1. The van der Waals surface area contributed by atoms with Crippen LogP contribution >= 0.6 is 0 Å². The van der Waals surface area contributed by atoms with E-state index in [0.29, 0.717) is 68.3 Å². The van der Waals surface area contributed by atoms with Crippen LogP contribution in [0.3, 0.4) is 0 Å². The van der Waals surface area contributed by atoms with E-state index in [1.807, 2.05) is 0 Å². The Morgan fingerprint density at radius 1 is 1.03 bits per heavy atom. The number of likely N-dealkylation sites (tertiary alicyclic amines) is 1. The summed E-state index contributed by atoms with van der Waals surface area (Å²) in [5.74, 6) is -1.82. The summed E-state index contributed by atoms with van der Waals surface area (Å²) in [5.41, 5.74) is 1.71. The maximum Gasteiger partial charge on any atom is 0.326 e. The molecular weight excluding hydrogens is 504 g/mol. The molecule has 4 amide bonds. The first-order valence-electron chi connectivity index (χ1n) is 13.0. The van der Waals surface area contributed by atoms with Crippen molar-refractivity contribution in [3.05, 3.63) is 59.7 Å². The molecule has 2 aromatic carbocycles. The summed E-state index contributed by atoms with van der Waals surface area (Å²) < 4.78 is 10.6. The van der Waals surface area contributed by atoms with Gasteiger partial charge >= 0.3 is 12.0 Å². The predicted molar refractivity (Wildman–Crippen MR) is 143 cm³/mol. The van der Waals surface area contributed by atoms with Crippen LogP contribution in [0.4, 0.5) is 10.5 Å². The molecule has 39 heavy (non-hydrogen) atoms. The van der Waals surface area contributed by atoms with E-state index in [2.05, 4.69) is 10.6 Å². The highest BCUT2D eigenvalue weighted by Gasteiger charge is 2.32. The van der Waals surface area contributed by atoms with Crippen molar-refractivity contribution in [1.82, 2.24) is 15.1 Å². The van der Waals surface area contributed by atoms with Gasteiger partial charge in [-0.2, -0.15) is 0 Å². The van der Waals surface area contributed by atoms with Gasteiger partial charge < -0.3 is 35.0 Å². The molecule has 2 atom stereocenters. The molecule has 11 heteroatoms. The highest BCUT2D eigenvalue weighted by Crippen LogP contribution is 2.24. The number of carboxylic acid groups (broad SMARTS) is 1. The van der Waals surface area contributed by atoms with Crippen LogP contribution < -0.4 is 15.4 Å². The van der Waals surface area contributed by atoms with E-state index < -0.39 is 23.8 Å². The van der Waals surface area contributed by atoms with Crippen LogP contribution in [0.2, 0.25) is 0 Å². The average molecular weight is 539 g/mol. The molecule has 0 radical (unpaired) electrons. The maximum absolute atomic E-state index is 13.1. The Kier molecular flexibility index (Phi) is 9.37. The summed E-state index contributed by atoms with van der Waals surface area (Å²) in [5, 5.41) is 15.3. The van der Waals surface area contributed by atoms with Gasteiger partial charge in [0.1, 0.15) is 11.8 Å². The molecule has 1 unspecified atom stereocenters. The number of nitrogens with zero attached hydrogens (tertiary/aromatic N) is 2. The summed E-state index contributed by atoms with van der Waals surface area (Å²) in [7, 11) is 1.50. The molecule has 4 rings (SSSR count). The minimum Gasteiger partial charge on any atom is -0.496 e. The van der Waals surface area contributed by atoms with Crippen LogP contribution in [0.5, 0.6) is 5.75 Å². The number of hydrogen-bond donors (Lipinski definition) is 3. The number of piperidine rings is 1. The monoisotopic (exact) mass is 538 g/mol. The highest BCUT2D eigenvalue weighted by molar-refractivity contribution is 5.97. The minimum absolute atomic E-state index is 0.0787. The molecule has 2 aliphatic heterocycles. The van der Waals surface area contributed by atoms with Crippen LogP contribution in [-0.4, -0.2) is 91.3 Å². The van der Waals surface area contributed by atoms with Crippen molar-refractivity contribution in [2.75, 3.05) is 51.8 Å². The Hall–Kier alpha value is -4.12. The van der Waals surface area contributed by atoms with E-state index in [4.69, 9.17) is 9.47 Å². The first kappa shape index (κ1) is 27.9. The van der Waals surface area contributed by atoms with Gasteiger partial charge in [-0.15, -0.1) is 0 Å². The number of para-hydroxylation sites is 1. The summed E-state index contributed by atoms with van der Waals surface area (Å²) in [6.45, 7) is 2.77. The maximum atomic E-state index is 13.1. The molecular formula is C28H34N4O7. The van der Waals surface area contributed by atoms with Crippen LogP contribution in [0.15, 0.2) is 48.5 Å². The standard InChI is InChI=1S/C28H34N4O7/c1-38-24-7-3-2-6-22(24)26(34)32-12-4-5-20(18-32)25(33)30-23(27(35)36)17-19-8-10-21(11-9-19)29-28(37)31-13-15-39-16-14-31/h2-3,6-11,20,23H,4-5,12-18H2,1H3,(H,29,37)(H,30,33)(H,35,36)/t20?,23-/m0/s1.